The second-order valence-corrected chi connectivity index (χ2v) is 5.59. The van der Waals surface area contributed by atoms with E-state index in [9.17, 15) is 17.6 Å². The molecule has 0 saturated heterocycles. The van der Waals surface area contributed by atoms with E-state index in [1.54, 1.807) is 7.05 Å². The van der Waals surface area contributed by atoms with Crippen LogP contribution in [0.2, 0.25) is 0 Å². The first-order chi connectivity index (χ1) is 9.42. The summed E-state index contributed by atoms with van der Waals surface area (Å²) in [5.41, 5.74) is 0. The molecule has 3 atom stereocenters. The summed E-state index contributed by atoms with van der Waals surface area (Å²) in [5.74, 6) is -3.13. The molecular weight excluding hydrogens is 274 g/mol. The summed E-state index contributed by atoms with van der Waals surface area (Å²) in [4.78, 5) is 0. The van der Waals surface area contributed by atoms with Crippen molar-refractivity contribution in [3.8, 4) is 0 Å². The van der Waals surface area contributed by atoms with Crippen LogP contribution >= 0.6 is 0 Å². The quantitative estimate of drug-likeness (QED) is 0.690. The zero-order valence-electron chi connectivity index (χ0n) is 12.2. The summed E-state index contributed by atoms with van der Waals surface area (Å²) in [6.45, 7) is 0.966. The summed E-state index contributed by atoms with van der Waals surface area (Å²) < 4.78 is 54.5. The molecule has 1 N–H and O–H groups in total. The number of hydrogen-bond donors (Lipinski definition) is 1. The first-order valence-corrected chi connectivity index (χ1v) is 7.33. The average Bonchev–Trinajstić information content (AvgIpc) is 2.43. The number of hydrogen-bond acceptors (Lipinski definition) is 2. The predicted molar refractivity (Wildman–Crippen MR) is 70.4 cm³/mol. The lowest BCUT2D eigenvalue weighted by Crippen LogP contribution is -2.44. The highest BCUT2D eigenvalue weighted by Crippen LogP contribution is 2.34. The number of rotatable bonds is 8. The zero-order valence-corrected chi connectivity index (χ0v) is 12.2. The van der Waals surface area contributed by atoms with Crippen LogP contribution in [0.15, 0.2) is 0 Å². The van der Waals surface area contributed by atoms with Crippen molar-refractivity contribution < 1.29 is 22.3 Å². The normalized spacial score (nSPS) is 25.9. The monoisotopic (exact) mass is 299 g/mol. The fraction of sp³-hybridized carbons (Fsp3) is 1.00. The Morgan fingerprint density at radius 1 is 1.25 bits per heavy atom. The van der Waals surface area contributed by atoms with E-state index in [0.29, 0.717) is 11.8 Å². The van der Waals surface area contributed by atoms with Crippen LogP contribution in [0.5, 0.6) is 0 Å². The zero-order chi connectivity index (χ0) is 15.2. The van der Waals surface area contributed by atoms with Gasteiger partial charge in [0.25, 0.3) is 0 Å². The molecule has 0 bridgehead atoms. The van der Waals surface area contributed by atoms with E-state index < -0.39 is 19.0 Å². The van der Waals surface area contributed by atoms with Crippen LogP contribution in [0.25, 0.3) is 0 Å². The molecular formula is C14H25F4NO. The number of likely N-dealkylation sites (N-methyl/N-ethyl adjacent to an activating group) is 1. The SMILES string of the molecule is CCC1CCCCC1C(COCC(F)(F)C(F)F)NC. The van der Waals surface area contributed by atoms with E-state index in [4.69, 9.17) is 4.74 Å². The maximum atomic E-state index is 12.8. The van der Waals surface area contributed by atoms with Crippen molar-refractivity contribution in [2.24, 2.45) is 11.8 Å². The molecule has 0 radical (unpaired) electrons. The Morgan fingerprint density at radius 2 is 1.90 bits per heavy atom. The van der Waals surface area contributed by atoms with E-state index >= 15 is 0 Å². The molecule has 20 heavy (non-hydrogen) atoms. The van der Waals surface area contributed by atoms with Crippen molar-refractivity contribution in [3.63, 3.8) is 0 Å². The van der Waals surface area contributed by atoms with Crippen molar-refractivity contribution >= 4 is 0 Å². The van der Waals surface area contributed by atoms with Crippen LogP contribution < -0.4 is 5.32 Å². The second-order valence-electron chi connectivity index (χ2n) is 5.59. The average molecular weight is 299 g/mol. The molecule has 0 spiro atoms. The van der Waals surface area contributed by atoms with Crippen LogP contribution in [0.1, 0.15) is 39.0 Å². The molecule has 0 aromatic heterocycles. The lowest BCUT2D eigenvalue weighted by atomic mass is 9.74. The minimum atomic E-state index is -4.06. The van der Waals surface area contributed by atoms with Crippen molar-refractivity contribution in [2.75, 3.05) is 20.3 Å². The van der Waals surface area contributed by atoms with Crippen LogP contribution in [0, 0.1) is 11.8 Å². The van der Waals surface area contributed by atoms with Gasteiger partial charge in [0, 0.05) is 6.04 Å². The number of halogens is 4. The van der Waals surface area contributed by atoms with Gasteiger partial charge in [-0.05, 0) is 25.3 Å². The molecule has 0 aromatic carbocycles. The Labute approximate surface area is 118 Å². The highest BCUT2D eigenvalue weighted by atomic mass is 19.3. The van der Waals surface area contributed by atoms with E-state index in [0.717, 1.165) is 25.7 Å². The Hall–Kier alpha value is -0.360. The second kappa shape index (κ2) is 8.17. The molecule has 2 nitrogen and oxygen atoms in total. The fourth-order valence-corrected chi connectivity index (χ4v) is 3.08. The molecule has 0 aromatic rings. The highest BCUT2D eigenvalue weighted by molar-refractivity contribution is 4.84. The summed E-state index contributed by atoms with van der Waals surface area (Å²) in [6, 6.07) is -0.0475. The molecule has 0 amide bonds. The van der Waals surface area contributed by atoms with Crippen molar-refractivity contribution in [3.05, 3.63) is 0 Å². The van der Waals surface area contributed by atoms with Crippen LogP contribution in [-0.4, -0.2) is 38.7 Å². The molecule has 3 unspecified atom stereocenters. The van der Waals surface area contributed by atoms with Gasteiger partial charge >= 0.3 is 12.3 Å². The largest absolute Gasteiger partial charge is 0.373 e. The molecule has 120 valence electrons. The molecule has 1 saturated carbocycles. The summed E-state index contributed by atoms with van der Waals surface area (Å²) in [5, 5.41) is 3.09. The number of ether oxygens (including phenoxy) is 1. The first-order valence-electron chi connectivity index (χ1n) is 7.33. The van der Waals surface area contributed by atoms with Crippen LogP contribution in [0.3, 0.4) is 0 Å². The summed E-state index contributed by atoms with van der Waals surface area (Å²) in [6.07, 6.45) is 1.90. The molecule has 0 aliphatic heterocycles. The minimum Gasteiger partial charge on any atom is -0.373 e. The maximum Gasteiger partial charge on any atom is 0.330 e. The standard InChI is InChI=1S/C14H25F4NO/c1-3-10-6-4-5-7-11(10)12(19-2)8-20-9-14(17,18)13(15)16/h10-13,19H,3-9H2,1-2H3. The number of alkyl halides is 4. The van der Waals surface area contributed by atoms with Crippen molar-refractivity contribution in [1.82, 2.24) is 5.32 Å². The molecule has 0 heterocycles. The third-order valence-corrected chi connectivity index (χ3v) is 4.29. The third-order valence-electron chi connectivity index (χ3n) is 4.29. The predicted octanol–water partition coefficient (Wildman–Crippen LogP) is 3.71. The van der Waals surface area contributed by atoms with Crippen LogP contribution in [0.4, 0.5) is 17.6 Å². The van der Waals surface area contributed by atoms with Crippen LogP contribution in [-0.2, 0) is 4.74 Å². The smallest absolute Gasteiger partial charge is 0.330 e. The number of nitrogens with one attached hydrogen (secondary N) is 1. The van der Waals surface area contributed by atoms with Gasteiger partial charge in [-0.25, -0.2) is 8.78 Å². The lowest BCUT2D eigenvalue weighted by molar-refractivity contribution is -0.168. The summed E-state index contributed by atoms with van der Waals surface area (Å²) >= 11 is 0. The minimum absolute atomic E-state index is 0.0475. The van der Waals surface area contributed by atoms with Gasteiger partial charge in [0.05, 0.1) is 6.61 Å². The topological polar surface area (TPSA) is 21.3 Å². The fourth-order valence-electron chi connectivity index (χ4n) is 3.08. The van der Waals surface area contributed by atoms with Gasteiger partial charge in [-0.3, -0.25) is 0 Å². The van der Waals surface area contributed by atoms with E-state index in [1.165, 1.54) is 6.42 Å². The first kappa shape index (κ1) is 17.7. The van der Waals surface area contributed by atoms with Crippen molar-refractivity contribution in [2.45, 2.75) is 57.4 Å². The molecule has 6 heteroatoms. The van der Waals surface area contributed by atoms with Gasteiger partial charge in [-0.15, -0.1) is 0 Å². The Morgan fingerprint density at radius 3 is 2.45 bits per heavy atom. The van der Waals surface area contributed by atoms with Gasteiger partial charge in [0.15, 0.2) is 0 Å². The van der Waals surface area contributed by atoms with E-state index in [-0.39, 0.29) is 12.6 Å². The van der Waals surface area contributed by atoms with E-state index in [1.807, 2.05) is 0 Å². The highest BCUT2D eigenvalue weighted by Gasteiger charge is 2.41. The summed E-state index contributed by atoms with van der Waals surface area (Å²) in [7, 11) is 1.76. The molecule has 1 aliphatic rings. The Balaban J connectivity index is 2.46. The Kier molecular flexibility index (Phi) is 7.23. The van der Waals surface area contributed by atoms with Gasteiger partial charge in [-0.2, -0.15) is 8.78 Å². The third kappa shape index (κ3) is 4.88. The van der Waals surface area contributed by atoms with Crippen molar-refractivity contribution in [1.29, 1.82) is 0 Å². The molecule has 1 rings (SSSR count). The van der Waals surface area contributed by atoms with Gasteiger partial charge < -0.3 is 10.1 Å². The Bertz CT molecular complexity index is 276. The molecule has 1 aliphatic carbocycles. The van der Waals surface area contributed by atoms with Gasteiger partial charge in [0.1, 0.15) is 6.61 Å². The van der Waals surface area contributed by atoms with Gasteiger partial charge in [-0.1, -0.05) is 32.6 Å². The lowest BCUT2D eigenvalue weighted by Gasteiger charge is -2.36. The maximum absolute atomic E-state index is 12.8. The van der Waals surface area contributed by atoms with Gasteiger partial charge in [0.2, 0.25) is 0 Å². The van der Waals surface area contributed by atoms with E-state index in [2.05, 4.69) is 12.2 Å². The molecule has 1 fully saturated rings.